The van der Waals surface area contributed by atoms with Gasteiger partial charge in [0.2, 0.25) is 0 Å². The van der Waals surface area contributed by atoms with Crippen LogP contribution in [0.2, 0.25) is 0 Å². The third-order valence-electron chi connectivity index (χ3n) is 2.51. The van der Waals surface area contributed by atoms with Crippen molar-refractivity contribution in [1.29, 1.82) is 0 Å². The van der Waals surface area contributed by atoms with Crippen LogP contribution in [0.3, 0.4) is 0 Å². The Bertz CT molecular complexity index is 320. The first-order chi connectivity index (χ1) is 7.04. The van der Waals surface area contributed by atoms with Crippen molar-refractivity contribution in [2.24, 2.45) is 11.7 Å². The predicted molar refractivity (Wildman–Crippen MR) is 64.1 cm³/mol. The van der Waals surface area contributed by atoms with Crippen molar-refractivity contribution in [1.82, 2.24) is 0 Å². The molecule has 0 fully saturated rings. The first-order valence-electron chi connectivity index (χ1n) is 5.44. The second kappa shape index (κ2) is 5.17. The molecule has 0 radical (unpaired) electrons. The summed E-state index contributed by atoms with van der Waals surface area (Å²) in [5.74, 6) is 1.51. The summed E-state index contributed by atoms with van der Waals surface area (Å²) in [5.41, 5.74) is 8.45. The molecular formula is C13H21NO. The van der Waals surface area contributed by atoms with Gasteiger partial charge in [0.25, 0.3) is 0 Å². The monoisotopic (exact) mass is 207 g/mol. The number of hydrogen-bond acceptors (Lipinski definition) is 2. The SMILES string of the molecule is COc1cc(C)ccc1C(N)CC(C)C. The van der Waals surface area contributed by atoms with E-state index in [2.05, 4.69) is 32.9 Å². The Morgan fingerprint density at radius 2 is 2.00 bits per heavy atom. The molecule has 0 bridgehead atoms. The molecule has 0 saturated heterocycles. The van der Waals surface area contributed by atoms with E-state index in [0.29, 0.717) is 5.92 Å². The number of nitrogens with two attached hydrogens (primary N) is 1. The van der Waals surface area contributed by atoms with Gasteiger partial charge in [-0.3, -0.25) is 0 Å². The highest BCUT2D eigenvalue weighted by molar-refractivity contribution is 5.39. The Morgan fingerprint density at radius 3 is 2.53 bits per heavy atom. The average molecular weight is 207 g/mol. The molecule has 0 amide bonds. The molecule has 2 nitrogen and oxygen atoms in total. The fourth-order valence-electron chi connectivity index (χ4n) is 1.76. The van der Waals surface area contributed by atoms with Gasteiger partial charge in [0.1, 0.15) is 5.75 Å². The van der Waals surface area contributed by atoms with Crippen LogP contribution in [-0.2, 0) is 0 Å². The van der Waals surface area contributed by atoms with E-state index in [1.165, 1.54) is 5.56 Å². The van der Waals surface area contributed by atoms with Gasteiger partial charge in [0, 0.05) is 11.6 Å². The number of aryl methyl sites for hydroxylation is 1. The Labute approximate surface area is 92.4 Å². The molecule has 1 aromatic rings. The second-order valence-corrected chi connectivity index (χ2v) is 4.48. The van der Waals surface area contributed by atoms with Crippen LogP contribution in [-0.4, -0.2) is 7.11 Å². The smallest absolute Gasteiger partial charge is 0.123 e. The summed E-state index contributed by atoms with van der Waals surface area (Å²) in [6.45, 7) is 6.42. The van der Waals surface area contributed by atoms with Gasteiger partial charge in [0.05, 0.1) is 7.11 Å². The third-order valence-corrected chi connectivity index (χ3v) is 2.51. The number of hydrogen-bond donors (Lipinski definition) is 1. The van der Waals surface area contributed by atoms with Crippen molar-refractivity contribution in [3.8, 4) is 5.75 Å². The van der Waals surface area contributed by atoms with Crippen LogP contribution >= 0.6 is 0 Å². The van der Waals surface area contributed by atoms with E-state index in [4.69, 9.17) is 10.5 Å². The number of rotatable bonds is 4. The van der Waals surface area contributed by atoms with Crippen molar-refractivity contribution >= 4 is 0 Å². The van der Waals surface area contributed by atoms with Crippen LogP contribution < -0.4 is 10.5 Å². The summed E-state index contributed by atoms with van der Waals surface area (Å²) < 4.78 is 5.35. The lowest BCUT2D eigenvalue weighted by Gasteiger charge is -2.17. The van der Waals surface area contributed by atoms with Crippen LogP contribution in [0.5, 0.6) is 5.75 Å². The molecule has 2 heteroatoms. The minimum absolute atomic E-state index is 0.0700. The molecule has 1 aromatic carbocycles. The fourth-order valence-corrected chi connectivity index (χ4v) is 1.76. The van der Waals surface area contributed by atoms with Gasteiger partial charge < -0.3 is 10.5 Å². The van der Waals surface area contributed by atoms with Gasteiger partial charge in [-0.15, -0.1) is 0 Å². The number of methoxy groups -OCH3 is 1. The Morgan fingerprint density at radius 1 is 1.33 bits per heavy atom. The van der Waals surface area contributed by atoms with Crippen molar-refractivity contribution in [2.45, 2.75) is 33.2 Å². The molecule has 1 atom stereocenters. The highest BCUT2D eigenvalue weighted by atomic mass is 16.5. The second-order valence-electron chi connectivity index (χ2n) is 4.48. The lowest BCUT2D eigenvalue weighted by Crippen LogP contribution is -2.14. The molecule has 0 heterocycles. The molecular weight excluding hydrogens is 186 g/mol. The Hall–Kier alpha value is -1.02. The van der Waals surface area contributed by atoms with Crippen molar-refractivity contribution in [3.63, 3.8) is 0 Å². The zero-order chi connectivity index (χ0) is 11.4. The maximum Gasteiger partial charge on any atom is 0.123 e. The van der Waals surface area contributed by atoms with Crippen LogP contribution in [0, 0.1) is 12.8 Å². The first kappa shape index (κ1) is 12.1. The Kier molecular flexibility index (Phi) is 4.15. The third kappa shape index (κ3) is 3.24. The minimum Gasteiger partial charge on any atom is -0.496 e. The molecule has 0 aliphatic carbocycles. The largest absolute Gasteiger partial charge is 0.496 e. The van der Waals surface area contributed by atoms with E-state index in [9.17, 15) is 0 Å². The average Bonchev–Trinajstić information content (AvgIpc) is 2.16. The van der Waals surface area contributed by atoms with Crippen LogP contribution in [0.4, 0.5) is 0 Å². The van der Waals surface area contributed by atoms with Crippen LogP contribution in [0.15, 0.2) is 18.2 Å². The van der Waals surface area contributed by atoms with Crippen molar-refractivity contribution in [3.05, 3.63) is 29.3 Å². The molecule has 1 unspecified atom stereocenters. The van der Waals surface area contributed by atoms with E-state index in [-0.39, 0.29) is 6.04 Å². The van der Waals surface area contributed by atoms with E-state index in [1.807, 2.05) is 6.07 Å². The molecule has 0 aromatic heterocycles. The van der Waals surface area contributed by atoms with Gasteiger partial charge in [-0.2, -0.15) is 0 Å². The van der Waals surface area contributed by atoms with Crippen LogP contribution in [0.25, 0.3) is 0 Å². The topological polar surface area (TPSA) is 35.2 Å². The molecule has 15 heavy (non-hydrogen) atoms. The molecule has 0 aliphatic heterocycles. The predicted octanol–water partition coefficient (Wildman–Crippen LogP) is 3.05. The summed E-state index contributed by atoms with van der Waals surface area (Å²) in [4.78, 5) is 0. The van der Waals surface area contributed by atoms with E-state index < -0.39 is 0 Å². The van der Waals surface area contributed by atoms with Gasteiger partial charge >= 0.3 is 0 Å². The quantitative estimate of drug-likeness (QED) is 0.823. The zero-order valence-electron chi connectivity index (χ0n) is 10.1. The van der Waals surface area contributed by atoms with Crippen LogP contribution in [0.1, 0.15) is 37.4 Å². The van der Waals surface area contributed by atoms with Gasteiger partial charge in [-0.1, -0.05) is 26.0 Å². The van der Waals surface area contributed by atoms with Crippen molar-refractivity contribution in [2.75, 3.05) is 7.11 Å². The standard InChI is InChI=1S/C13H21NO/c1-9(2)7-12(14)11-6-5-10(3)8-13(11)15-4/h5-6,8-9,12H,7,14H2,1-4H3. The van der Waals surface area contributed by atoms with Gasteiger partial charge in [-0.25, -0.2) is 0 Å². The summed E-state index contributed by atoms with van der Waals surface area (Å²) in [6, 6.07) is 6.26. The highest BCUT2D eigenvalue weighted by Gasteiger charge is 2.13. The van der Waals surface area contributed by atoms with E-state index in [1.54, 1.807) is 7.11 Å². The first-order valence-corrected chi connectivity index (χ1v) is 5.44. The molecule has 0 aliphatic rings. The lowest BCUT2D eigenvalue weighted by molar-refractivity contribution is 0.399. The molecule has 84 valence electrons. The minimum atomic E-state index is 0.0700. The number of benzene rings is 1. The summed E-state index contributed by atoms with van der Waals surface area (Å²) in [7, 11) is 1.69. The van der Waals surface area contributed by atoms with Crippen molar-refractivity contribution < 1.29 is 4.74 Å². The normalized spacial score (nSPS) is 12.9. The number of ether oxygens (including phenoxy) is 1. The maximum absolute atomic E-state index is 6.14. The molecule has 0 spiro atoms. The Balaban J connectivity index is 2.92. The summed E-state index contributed by atoms with van der Waals surface area (Å²) in [5, 5.41) is 0. The van der Waals surface area contributed by atoms with E-state index >= 15 is 0 Å². The molecule has 0 saturated carbocycles. The zero-order valence-corrected chi connectivity index (χ0v) is 10.1. The maximum atomic E-state index is 6.14. The molecule has 1 rings (SSSR count). The van der Waals surface area contributed by atoms with Gasteiger partial charge in [0.15, 0.2) is 0 Å². The fraction of sp³-hybridized carbons (Fsp3) is 0.538. The molecule has 2 N–H and O–H groups in total. The lowest BCUT2D eigenvalue weighted by atomic mass is 9.96. The van der Waals surface area contributed by atoms with Gasteiger partial charge in [-0.05, 0) is 30.9 Å². The highest BCUT2D eigenvalue weighted by Crippen LogP contribution is 2.28. The summed E-state index contributed by atoms with van der Waals surface area (Å²) >= 11 is 0. The summed E-state index contributed by atoms with van der Waals surface area (Å²) in [6.07, 6.45) is 0.986. The van der Waals surface area contributed by atoms with E-state index in [0.717, 1.165) is 17.7 Å².